The first-order valence-corrected chi connectivity index (χ1v) is 15.8. The first-order valence-electron chi connectivity index (χ1n) is 15.8. The van der Waals surface area contributed by atoms with E-state index < -0.39 is 18.1 Å². The minimum Gasteiger partial charge on any atom is -0.493 e. The molecule has 1 aromatic heterocycles. The van der Waals surface area contributed by atoms with E-state index in [2.05, 4.69) is 64.1 Å². The van der Waals surface area contributed by atoms with Crippen LogP contribution in [0.25, 0.3) is 0 Å². The number of carbonyl (C=O) groups is 3. The highest BCUT2D eigenvalue weighted by Crippen LogP contribution is 2.43. The number of aromatic nitrogens is 1. The fraction of sp³-hybridized carbons (Fsp3) is 0.444. The number of methoxy groups -OCH3 is 1. The summed E-state index contributed by atoms with van der Waals surface area (Å²) in [7, 11) is 1.39. The number of rotatable bonds is 13. The van der Waals surface area contributed by atoms with Crippen LogP contribution in [0.3, 0.4) is 0 Å². The summed E-state index contributed by atoms with van der Waals surface area (Å²) in [5.74, 6) is 0.152. The first kappa shape index (κ1) is 32.0. The number of nitrogens with zero attached hydrogens (tertiary/aromatic N) is 1. The van der Waals surface area contributed by atoms with Gasteiger partial charge in [0.2, 0.25) is 11.7 Å². The van der Waals surface area contributed by atoms with Crippen LogP contribution in [-0.4, -0.2) is 48.8 Å². The molecular formula is C36H43N3O6. The Bertz CT molecular complexity index is 1480. The summed E-state index contributed by atoms with van der Waals surface area (Å²) < 4.78 is 15.7. The molecule has 0 aliphatic heterocycles. The fourth-order valence-corrected chi connectivity index (χ4v) is 5.58. The molecule has 9 heteroatoms. The maximum Gasteiger partial charge on any atom is 0.514 e. The van der Waals surface area contributed by atoms with Crippen LogP contribution < -0.4 is 20.1 Å². The van der Waals surface area contributed by atoms with Gasteiger partial charge in [-0.15, -0.1) is 0 Å². The molecule has 2 atom stereocenters. The highest BCUT2D eigenvalue weighted by Gasteiger charge is 2.31. The second-order valence-corrected chi connectivity index (χ2v) is 12.6. The van der Waals surface area contributed by atoms with Crippen molar-refractivity contribution in [2.24, 2.45) is 5.92 Å². The molecule has 2 aliphatic rings. The van der Waals surface area contributed by atoms with Gasteiger partial charge in [-0.05, 0) is 79.5 Å². The monoisotopic (exact) mass is 613 g/mol. The summed E-state index contributed by atoms with van der Waals surface area (Å²) in [5, 5.41) is 5.85. The van der Waals surface area contributed by atoms with Crippen molar-refractivity contribution in [1.82, 2.24) is 15.6 Å². The smallest absolute Gasteiger partial charge is 0.493 e. The van der Waals surface area contributed by atoms with Gasteiger partial charge in [0.05, 0.1) is 13.7 Å². The van der Waals surface area contributed by atoms with Gasteiger partial charge in [0.25, 0.3) is 5.91 Å². The van der Waals surface area contributed by atoms with Crippen LogP contribution in [-0.2, 0) is 9.53 Å². The second-order valence-electron chi connectivity index (χ2n) is 12.6. The van der Waals surface area contributed by atoms with Crippen LogP contribution in [0.15, 0.2) is 60.8 Å². The van der Waals surface area contributed by atoms with Crippen LogP contribution in [0, 0.1) is 5.92 Å². The van der Waals surface area contributed by atoms with Gasteiger partial charge in [0.1, 0.15) is 6.04 Å². The zero-order valence-electron chi connectivity index (χ0n) is 26.7. The molecule has 0 radical (unpaired) electrons. The lowest BCUT2D eigenvalue weighted by Gasteiger charge is -2.28. The lowest BCUT2D eigenvalue weighted by molar-refractivity contribution is -0.123. The van der Waals surface area contributed by atoms with Gasteiger partial charge >= 0.3 is 6.16 Å². The number of pyridine rings is 1. The molecule has 5 rings (SSSR count). The largest absolute Gasteiger partial charge is 0.514 e. The minimum atomic E-state index is -0.980. The number of carbonyl (C=O) groups excluding carboxylic acids is 3. The summed E-state index contributed by atoms with van der Waals surface area (Å²) >= 11 is 0. The van der Waals surface area contributed by atoms with Crippen molar-refractivity contribution in [2.45, 2.75) is 83.2 Å². The third-order valence-electron chi connectivity index (χ3n) is 8.27. The Morgan fingerprint density at radius 2 is 1.47 bits per heavy atom. The third-order valence-corrected chi connectivity index (χ3v) is 8.27. The van der Waals surface area contributed by atoms with E-state index in [1.807, 2.05) is 20.8 Å². The van der Waals surface area contributed by atoms with E-state index in [4.69, 9.17) is 14.2 Å². The maximum absolute atomic E-state index is 13.5. The van der Waals surface area contributed by atoms with Gasteiger partial charge in [-0.1, -0.05) is 62.4 Å². The van der Waals surface area contributed by atoms with E-state index in [1.165, 1.54) is 56.2 Å². The lowest BCUT2D eigenvalue weighted by atomic mass is 9.83. The Balaban J connectivity index is 1.31. The van der Waals surface area contributed by atoms with Gasteiger partial charge in [0.15, 0.2) is 11.4 Å². The molecule has 1 heterocycles. The molecule has 9 nitrogen and oxygen atoms in total. The number of ether oxygens (including phenoxy) is 3. The molecule has 0 saturated heterocycles. The number of nitrogens with one attached hydrogen (secondary N) is 2. The zero-order valence-corrected chi connectivity index (χ0v) is 26.7. The predicted octanol–water partition coefficient (Wildman–Crippen LogP) is 6.47. The van der Waals surface area contributed by atoms with E-state index in [9.17, 15) is 14.4 Å². The average Bonchev–Trinajstić information content (AvgIpc) is 3.94. The molecule has 2 fully saturated rings. The highest BCUT2D eigenvalue weighted by molar-refractivity contribution is 5.99. The molecular weight excluding hydrogens is 570 g/mol. The summed E-state index contributed by atoms with van der Waals surface area (Å²) in [6, 6.07) is 17.7. The molecule has 2 amide bonds. The van der Waals surface area contributed by atoms with Gasteiger partial charge < -0.3 is 24.8 Å². The number of amides is 2. The number of hydrogen-bond donors (Lipinski definition) is 2. The summed E-state index contributed by atoms with van der Waals surface area (Å²) in [6.07, 6.45) is 5.23. The molecule has 2 saturated carbocycles. The Hall–Kier alpha value is -4.40. The van der Waals surface area contributed by atoms with Crippen LogP contribution in [0.2, 0.25) is 0 Å². The van der Waals surface area contributed by atoms with Crippen LogP contribution in [0.4, 0.5) is 4.79 Å². The quantitative estimate of drug-likeness (QED) is 0.212. The van der Waals surface area contributed by atoms with Crippen molar-refractivity contribution < 1.29 is 28.6 Å². The van der Waals surface area contributed by atoms with Crippen LogP contribution >= 0.6 is 0 Å². The van der Waals surface area contributed by atoms with Crippen molar-refractivity contribution in [2.75, 3.05) is 13.7 Å². The van der Waals surface area contributed by atoms with Crippen molar-refractivity contribution in [3.05, 3.63) is 88.7 Å². The summed E-state index contributed by atoms with van der Waals surface area (Å²) in [5.41, 5.74) is 4.79. The topological polar surface area (TPSA) is 116 Å². The lowest BCUT2D eigenvalue weighted by Crippen LogP contribution is -2.49. The third kappa shape index (κ3) is 8.21. The number of hydrogen-bond acceptors (Lipinski definition) is 7. The van der Waals surface area contributed by atoms with Crippen LogP contribution in [0.5, 0.6) is 11.5 Å². The molecule has 2 aromatic carbocycles. The summed E-state index contributed by atoms with van der Waals surface area (Å²) in [4.78, 5) is 43.3. The highest BCUT2D eigenvalue weighted by atomic mass is 16.7. The Morgan fingerprint density at radius 1 is 0.867 bits per heavy atom. The standard InChI is InChI=1S/C36H43N3O6/c1-21(2)20-44-36(42)45-33-30(43-5)16-17-37-32(33)35(41)39-23(4)34(40)38-22(3)31(28-10-6-8-26(18-28)24-12-13-24)29-11-7-9-27(19-29)25-14-15-25/h6-11,16-19,21-25,31H,12-15,20H2,1-5H3,(H,38,40)(H,39,41)/t22-,23-/m0/s1. The molecule has 0 unspecified atom stereocenters. The van der Waals surface area contributed by atoms with Crippen molar-refractivity contribution in [1.29, 1.82) is 0 Å². The normalized spacial score (nSPS) is 15.7. The van der Waals surface area contributed by atoms with Gasteiger partial charge in [-0.25, -0.2) is 9.78 Å². The molecule has 45 heavy (non-hydrogen) atoms. The summed E-state index contributed by atoms with van der Waals surface area (Å²) in [6.45, 7) is 7.54. The Kier molecular flexibility index (Phi) is 10.1. The second kappa shape index (κ2) is 14.1. The van der Waals surface area contributed by atoms with E-state index in [0.717, 1.165) is 11.1 Å². The van der Waals surface area contributed by atoms with Crippen molar-refractivity contribution in [3.63, 3.8) is 0 Å². The average molecular weight is 614 g/mol. The predicted molar refractivity (Wildman–Crippen MR) is 171 cm³/mol. The van der Waals surface area contributed by atoms with E-state index >= 15 is 0 Å². The number of benzene rings is 2. The van der Waals surface area contributed by atoms with Crippen molar-refractivity contribution >= 4 is 18.0 Å². The Morgan fingerprint density at radius 3 is 2.00 bits per heavy atom. The van der Waals surface area contributed by atoms with Gasteiger partial charge in [0, 0.05) is 24.2 Å². The first-order chi connectivity index (χ1) is 21.6. The van der Waals surface area contributed by atoms with E-state index in [1.54, 1.807) is 6.92 Å². The van der Waals surface area contributed by atoms with Gasteiger partial charge in [-0.2, -0.15) is 0 Å². The van der Waals surface area contributed by atoms with E-state index in [0.29, 0.717) is 11.8 Å². The molecule has 0 spiro atoms. The molecule has 238 valence electrons. The molecule has 2 N–H and O–H groups in total. The van der Waals surface area contributed by atoms with Gasteiger partial charge in [-0.3, -0.25) is 9.59 Å². The van der Waals surface area contributed by atoms with Crippen LogP contribution in [0.1, 0.15) is 104 Å². The molecule has 3 aromatic rings. The maximum atomic E-state index is 13.5. The SMILES string of the molecule is COc1ccnc(C(=O)N[C@@H](C)C(=O)N[C@@H](C)C(c2cccc(C3CC3)c2)c2cccc(C3CC3)c2)c1OC(=O)OCC(C)C. The molecule has 0 bridgehead atoms. The Labute approximate surface area is 265 Å². The minimum absolute atomic E-state index is 0.0776. The fourth-order valence-electron chi connectivity index (χ4n) is 5.58. The molecule has 2 aliphatic carbocycles. The van der Waals surface area contributed by atoms with Crippen molar-refractivity contribution in [3.8, 4) is 11.5 Å². The van der Waals surface area contributed by atoms with E-state index in [-0.39, 0.29) is 47.6 Å². The zero-order chi connectivity index (χ0) is 32.1.